The first-order valence-corrected chi connectivity index (χ1v) is 11.1. The largest absolute Gasteiger partial charge is 0.478 e. The number of likely N-dealkylation sites (tertiary alicyclic amines) is 1. The predicted octanol–water partition coefficient (Wildman–Crippen LogP) is 4.25. The minimum Gasteiger partial charge on any atom is -0.478 e. The Balaban J connectivity index is 1.28. The van der Waals surface area contributed by atoms with Crippen LogP contribution < -0.4 is 5.32 Å². The van der Waals surface area contributed by atoms with Gasteiger partial charge in [0.25, 0.3) is 0 Å². The van der Waals surface area contributed by atoms with Crippen LogP contribution in [0.5, 0.6) is 0 Å². The summed E-state index contributed by atoms with van der Waals surface area (Å²) in [6.45, 7) is 5.92. The highest BCUT2D eigenvalue weighted by Crippen LogP contribution is 2.37. The van der Waals surface area contributed by atoms with Gasteiger partial charge in [-0.05, 0) is 48.9 Å². The molecule has 0 bridgehead atoms. The van der Waals surface area contributed by atoms with Crippen molar-refractivity contribution in [3.05, 3.63) is 71.3 Å². The van der Waals surface area contributed by atoms with E-state index in [1.54, 1.807) is 12.1 Å². The van der Waals surface area contributed by atoms with E-state index in [1.807, 2.05) is 12.1 Å². The normalized spacial score (nSPS) is 22.2. The molecule has 2 aromatic carbocycles. The second kappa shape index (κ2) is 9.29. The van der Waals surface area contributed by atoms with Crippen LogP contribution >= 0.6 is 0 Å². The summed E-state index contributed by atoms with van der Waals surface area (Å²) in [4.78, 5) is 13.5. The van der Waals surface area contributed by atoms with Gasteiger partial charge in [-0.25, -0.2) is 4.79 Å². The highest BCUT2D eigenvalue weighted by atomic mass is 16.5. The number of hydrogen-bond donors (Lipinski definition) is 2. The number of carbonyl (C=O) groups is 1. The quantitative estimate of drug-likeness (QED) is 0.717. The Morgan fingerprint density at radius 1 is 1.17 bits per heavy atom. The molecule has 2 aromatic rings. The fraction of sp³-hybridized carbons (Fsp3) is 0.480. The molecule has 4 rings (SSSR count). The molecule has 2 atom stereocenters. The van der Waals surface area contributed by atoms with Crippen LogP contribution in [0.4, 0.5) is 0 Å². The van der Waals surface area contributed by atoms with E-state index in [0.29, 0.717) is 17.6 Å². The number of aromatic carboxylic acids is 1. The van der Waals surface area contributed by atoms with Gasteiger partial charge >= 0.3 is 5.97 Å². The summed E-state index contributed by atoms with van der Waals surface area (Å²) >= 11 is 0. The maximum absolute atomic E-state index is 11.0. The van der Waals surface area contributed by atoms with E-state index in [2.05, 4.69) is 47.5 Å². The number of hydrogen-bond acceptors (Lipinski definition) is 4. The molecule has 160 valence electrons. The smallest absolute Gasteiger partial charge is 0.335 e. The van der Waals surface area contributed by atoms with Gasteiger partial charge < -0.3 is 15.2 Å². The van der Waals surface area contributed by atoms with Gasteiger partial charge in [-0.3, -0.25) is 4.90 Å². The molecule has 2 saturated heterocycles. The highest BCUT2D eigenvalue weighted by molar-refractivity contribution is 5.87. The van der Waals surface area contributed by atoms with Crippen LogP contribution in [0.1, 0.15) is 60.1 Å². The number of ether oxygens (including phenoxy) is 1. The summed E-state index contributed by atoms with van der Waals surface area (Å²) < 4.78 is 6.36. The van der Waals surface area contributed by atoms with E-state index < -0.39 is 5.97 Å². The Kier molecular flexibility index (Phi) is 6.52. The molecule has 1 spiro atoms. The van der Waals surface area contributed by atoms with Crippen molar-refractivity contribution in [3.63, 3.8) is 0 Å². The number of carboxylic acids is 1. The number of nitrogens with one attached hydrogen (secondary N) is 1. The van der Waals surface area contributed by atoms with Crippen LogP contribution in [0.15, 0.2) is 54.6 Å². The third kappa shape index (κ3) is 4.91. The highest BCUT2D eigenvalue weighted by Gasteiger charge is 2.43. The van der Waals surface area contributed by atoms with Crippen LogP contribution in [0, 0.1) is 0 Å². The minimum absolute atomic E-state index is 0.0102. The van der Waals surface area contributed by atoms with Crippen molar-refractivity contribution < 1.29 is 14.6 Å². The van der Waals surface area contributed by atoms with Crippen LogP contribution in [-0.2, 0) is 11.3 Å². The fourth-order valence-electron chi connectivity index (χ4n) is 4.85. The lowest BCUT2D eigenvalue weighted by molar-refractivity contribution is -0.0449. The molecule has 5 heteroatoms. The van der Waals surface area contributed by atoms with E-state index in [9.17, 15) is 4.79 Å². The SMILES string of the molecule is CC[C@H](NC1COC2(CCN(Cc3ccc(C(=O)O)cc3)CC2)C1)c1ccccc1. The molecule has 1 unspecified atom stereocenters. The number of piperidine rings is 1. The fourth-order valence-corrected chi connectivity index (χ4v) is 4.85. The predicted molar refractivity (Wildman–Crippen MR) is 118 cm³/mol. The van der Waals surface area contributed by atoms with Gasteiger partial charge in [0, 0.05) is 31.7 Å². The van der Waals surface area contributed by atoms with Crippen LogP contribution in [0.2, 0.25) is 0 Å². The molecule has 5 nitrogen and oxygen atoms in total. The monoisotopic (exact) mass is 408 g/mol. The second-order valence-electron chi connectivity index (χ2n) is 8.71. The lowest BCUT2D eigenvalue weighted by atomic mass is 9.87. The first-order chi connectivity index (χ1) is 14.6. The van der Waals surface area contributed by atoms with Crippen LogP contribution in [0.3, 0.4) is 0 Å². The molecule has 0 amide bonds. The summed E-state index contributed by atoms with van der Waals surface area (Å²) in [7, 11) is 0. The molecule has 0 radical (unpaired) electrons. The third-order valence-corrected chi connectivity index (χ3v) is 6.63. The lowest BCUT2D eigenvalue weighted by Gasteiger charge is -2.38. The first kappa shape index (κ1) is 21.0. The second-order valence-corrected chi connectivity index (χ2v) is 8.71. The van der Waals surface area contributed by atoms with Gasteiger partial charge in [0.2, 0.25) is 0 Å². The average Bonchev–Trinajstić information content (AvgIpc) is 3.17. The zero-order valence-corrected chi connectivity index (χ0v) is 17.7. The zero-order valence-electron chi connectivity index (χ0n) is 17.7. The van der Waals surface area contributed by atoms with E-state index in [-0.39, 0.29) is 5.60 Å². The molecule has 0 aromatic heterocycles. The van der Waals surface area contributed by atoms with Crippen molar-refractivity contribution in [3.8, 4) is 0 Å². The van der Waals surface area contributed by atoms with Gasteiger partial charge in [0.15, 0.2) is 0 Å². The molecule has 2 heterocycles. The molecule has 2 aliphatic rings. The zero-order chi connectivity index (χ0) is 21.0. The molecule has 30 heavy (non-hydrogen) atoms. The topological polar surface area (TPSA) is 61.8 Å². The maximum Gasteiger partial charge on any atom is 0.335 e. The van der Waals surface area contributed by atoms with Gasteiger partial charge in [-0.15, -0.1) is 0 Å². The first-order valence-electron chi connectivity index (χ1n) is 11.1. The van der Waals surface area contributed by atoms with Crippen molar-refractivity contribution in [1.29, 1.82) is 0 Å². The van der Waals surface area contributed by atoms with Gasteiger partial charge in [0.05, 0.1) is 17.8 Å². The molecule has 0 saturated carbocycles. The molecular formula is C25H32N2O3. The Labute approximate surface area is 179 Å². The third-order valence-electron chi connectivity index (χ3n) is 6.63. The Bertz CT molecular complexity index is 829. The van der Waals surface area contributed by atoms with Crippen LogP contribution in [-0.4, -0.2) is 47.3 Å². The van der Waals surface area contributed by atoms with Crippen molar-refractivity contribution in [2.45, 2.75) is 56.8 Å². The van der Waals surface area contributed by atoms with Crippen molar-refractivity contribution in [2.24, 2.45) is 0 Å². The Morgan fingerprint density at radius 3 is 2.50 bits per heavy atom. The number of benzene rings is 2. The molecule has 2 N–H and O–H groups in total. The molecule has 2 aliphatic heterocycles. The Hall–Kier alpha value is -2.21. The summed E-state index contributed by atoms with van der Waals surface area (Å²) in [5.74, 6) is -0.874. The van der Waals surface area contributed by atoms with E-state index in [0.717, 1.165) is 57.5 Å². The van der Waals surface area contributed by atoms with Crippen molar-refractivity contribution in [2.75, 3.05) is 19.7 Å². The maximum atomic E-state index is 11.0. The molecular weight excluding hydrogens is 376 g/mol. The van der Waals surface area contributed by atoms with Gasteiger partial charge in [-0.1, -0.05) is 49.4 Å². The van der Waals surface area contributed by atoms with Crippen molar-refractivity contribution >= 4 is 5.97 Å². The van der Waals surface area contributed by atoms with Crippen molar-refractivity contribution in [1.82, 2.24) is 10.2 Å². The Morgan fingerprint density at radius 2 is 1.87 bits per heavy atom. The standard InChI is InChI=1S/C25H32N2O3/c1-2-23(20-6-4-3-5-7-20)26-22-16-25(30-18-22)12-14-27(15-13-25)17-19-8-10-21(11-9-19)24(28)29/h3-11,22-23,26H,2,12-18H2,1H3,(H,28,29)/t22?,23-/m0/s1. The van der Waals surface area contributed by atoms with Crippen LogP contribution in [0.25, 0.3) is 0 Å². The summed E-state index contributed by atoms with van der Waals surface area (Å²) in [5, 5.41) is 12.9. The summed E-state index contributed by atoms with van der Waals surface area (Å²) in [6, 6.07) is 18.7. The summed E-state index contributed by atoms with van der Waals surface area (Å²) in [6.07, 6.45) is 4.26. The molecule has 2 fully saturated rings. The number of carboxylic acid groups (broad SMARTS) is 1. The minimum atomic E-state index is -0.874. The van der Waals surface area contributed by atoms with E-state index >= 15 is 0 Å². The molecule has 0 aliphatic carbocycles. The van der Waals surface area contributed by atoms with Gasteiger partial charge in [0.1, 0.15) is 0 Å². The number of rotatable bonds is 7. The average molecular weight is 409 g/mol. The summed E-state index contributed by atoms with van der Waals surface area (Å²) in [5.41, 5.74) is 2.87. The van der Waals surface area contributed by atoms with Gasteiger partial charge in [-0.2, -0.15) is 0 Å². The van der Waals surface area contributed by atoms with E-state index in [1.165, 1.54) is 5.56 Å². The number of nitrogens with zero attached hydrogens (tertiary/aromatic N) is 1. The lowest BCUT2D eigenvalue weighted by Crippen LogP contribution is -2.44. The van der Waals surface area contributed by atoms with E-state index in [4.69, 9.17) is 9.84 Å².